The van der Waals surface area contributed by atoms with Crippen molar-refractivity contribution in [2.75, 3.05) is 33.7 Å². The Labute approximate surface area is 109 Å². The SMILES string of the molecule is CCN(C(=O)NCC(C)C(=O)O)C(C)CN(C)C. The van der Waals surface area contributed by atoms with Crippen LogP contribution in [0.3, 0.4) is 0 Å². The Kier molecular flexibility index (Phi) is 7.35. The molecular weight excluding hydrogens is 234 g/mol. The summed E-state index contributed by atoms with van der Waals surface area (Å²) in [4.78, 5) is 26.3. The molecule has 2 unspecified atom stereocenters. The summed E-state index contributed by atoms with van der Waals surface area (Å²) in [5, 5.41) is 11.4. The molecule has 0 aliphatic rings. The van der Waals surface area contributed by atoms with Gasteiger partial charge in [-0.2, -0.15) is 0 Å². The summed E-state index contributed by atoms with van der Waals surface area (Å²) < 4.78 is 0. The van der Waals surface area contributed by atoms with Gasteiger partial charge in [0.2, 0.25) is 0 Å². The van der Waals surface area contributed by atoms with Crippen LogP contribution in [0, 0.1) is 5.92 Å². The van der Waals surface area contributed by atoms with Gasteiger partial charge >= 0.3 is 12.0 Å². The number of rotatable bonds is 7. The van der Waals surface area contributed by atoms with E-state index in [1.807, 2.05) is 32.8 Å². The lowest BCUT2D eigenvalue weighted by Gasteiger charge is -2.30. The third-order valence-corrected chi connectivity index (χ3v) is 2.74. The summed E-state index contributed by atoms with van der Waals surface area (Å²) in [7, 11) is 3.91. The highest BCUT2D eigenvalue weighted by atomic mass is 16.4. The second-order valence-electron chi connectivity index (χ2n) is 4.82. The molecule has 0 rings (SSSR count). The quantitative estimate of drug-likeness (QED) is 0.705. The molecule has 0 fully saturated rings. The molecule has 18 heavy (non-hydrogen) atoms. The molecule has 0 heterocycles. The maximum absolute atomic E-state index is 11.9. The fourth-order valence-electron chi connectivity index (χ4n) is 1.71. The number of hydrogen-bond donors (Lipinski definition) is 2. The molecule has 2 N–H and O–H groups in total. The Morgan fingerprint density at radius 3 is 2.22 bits per heavy atom. The molecule has 2 atom stereocenters. The summed E-state index contributed by atoms with van der Waals surface area (Å²) >= 11 is 0. The number of carbonyl (C=O) groups is 2. The number of nitrogens with one attached hydrogen (secondary N) is 1. The zero-order valence-corrected chi connectivity index (χ0v) is 11.9. The standard InChI is InChI=1S/C12H25N3O3/c1-6-15(10(3)8-14(4)5)12(18)13-7-9(2)11(16)17/h9-10H,6-8H2,1-5H3,(H,13,18)(H,16,17). The van der Waals surface area contributed by atoms with Crippen LogP contribution in [0.1, 0.15) is 20.8 Å². The Morgan fingerprint density at radius 2 is 1.83 bits per heavy atom. The molecule has 6 nitrogen and oxygen atoms in total. The molecule has 2 amide bonds. The number of urea groups is 1. The van der Waals surface area contributed by atoms with Crippen molar-refractivity contribution < 1.29 is 14.7 Å². The van der Waals surface area contributed by atoms with Gasteiger partial charge in [-0.15, -0.1) is 0 Å². The normalized spacial score (nSPS) is 14.1. The Balaban J connectivity index is 4.30. The Hall–Kier alpha value is -1.30. The number of carbonyl (C=O) groups excluding carboxylic acids is 1. The fourth-order valence-corrected chi connectivity index (χ4v) is 1.71. The number of amides is 2. The summed E-state index contributed by atoms with van der Waals surface area (Å²) in [5.41, 5.74) is 0. The van der Waals surface area contributed by atoms with E-state index >= 15 is 0 Å². The van der Waals surface area contributed by atoms with Crippen molar-refractivity contribution in [3.63, 3.8) is 0 Å². The van der Waals surface area contributed by atoms with Crippen LogP contribution in [0.25, 0.3) is 0 Å². The second kappa shape index (κ2) is 7.92. The van der Waals surface area contributed by atoms with Crippen LogP contribution in [0.4, 0.5) is 4.79 Å². The van der Waals surface area contributed by atoms with Crippen LogP contribution in [-0.4, -0.2) is 66.7 Å². The van der Waals surface area contributed by atoms with E-state index in [-0.39, 0.29) is 18.6 Å². The molecule has 0 radical (unpaired) electrons. The van der Waals surface area contributed by atoms with Crippen molar-refractivity contribution in [1.29, 1.82) is 0 Å². The summed E-state index contributed by atoms with van der Waals surface area (Å²) in [6, 6.07) is -0.120. The maximum atomic E-state index is 11.9. The van der Waals surface area contributed by atoms with Gasteiger partial charge in [0, 0.05) is 25.7 Å². The van der Waals surface area contributed by atoms with Crippen LogP contribution < -0.4 is 5.32 Å². The van der Waals surface area contributed by atoms with E-state index in [2.05, 4.69) is 5.32 Å². The largest absolute Gasteiger partial charge is 0.481 e. The molecular formula is C12H25N3O3. The average Bonchev–Trinajstić information content (AvgIpc) is 2.25. The average molecular weight is 259 g/mol. The topological polar surface area (TPSA) is 72.9 Å². The number of hydrogen-bond acceptors (Lipinski definition) is 3. The van der Waals surface area contributed by atoms with Gasteiger partial charge in [0.25, 0.3) is 0 Å². The summed E-state index contributed by atoms with van der Waals surface area (Å²) in [5.74, 6) is -1.48. The first kappa shape index (κ1) is 16.7. The first-order valence-corrected chi connectivity index (χ1v) is 6.21. The zero-order chi connectivity index (χ0) is 14.3. The van der Waals surface area contributed by atoms with E-state index in [0.717, 1.165) is 6.54 Å². The molecule has 0 spiro atoms. The maximum Gasteiger partial charge on any atom is 0.317 e. The van der Waals surface area contributed by atoms with E-state index in [0.29, 0.717) is 6.54 Å². The number of nitrogens with zero attached hydrogens (tertiary/aromatic N) is 2. The van der Waals surface area contributed by atoms with Crippen molar-refractivity contribution in [2.45, 2.75) is 26.8 Å². The fraction of sp³-hybridized carbons (Fsp3) is 0.833. The van der Waals surface area contributed by atoms with Crippen molar-refractivity contribution in [1.82, 2.24) is 15.1 Å². The van der Waals surface area contributed by atoms with E-state index in [1.54, 1.807) is 11.8 Å². The third-order valence-electron chi connectivity index (χ3n) is 2.74. The van der Waals surface area contributed by atoms with E-state index in [9.17, 15) is 9.59 Å². The molecule has 0 saturated carbocycles. The molecule has 0 aliphatic heterocycles. The van der Waals surface area contributed by atoms with Gasteiger partial charge < -0.3 is 20.2 Å². The van der Waals surface area contributed by atoms with Crippen LogP contribution in [-0.2, 0) is 4.79 Å². The van der Waals surface area contributed by atoms with E-state index in [4.69, 9.17) is 5.11 Å². The lowest BCUT2D eigenvalue weighted by atomic mass is 10.2. The zero-order valence-electron chi connectivity index (χ0n) is 11.9. The van der Waals surface area contributed by atoms with Gasteiger partial charge in [-0.3, -0.25) is 4.79 Å². The van der Waals surface area contributed by atoms with Gasteiger partial charge in [-0.25, -0.2) is 4.79 Å². The molecule has 0 aromatic heterocycles. The number of aliphatic carboxylic acids is 1. The molecule has 106 valence electrons. The van der Waals surface area contributed by atoms with E-state index in [1.165, 1.54) is 0 Å². The monoisotopic (exact) mass is 259 g/mol. The molecule has 0 saturated heterocycles. The first-order valence-electron chi connectivity index (χ1n) is 6.21. The molecule has 0 bridgehead atoms. The van der Waals surface area contributed by atoms with Crippen molar-refractivity contribution >= 4 is 12.0 Å². The number of likely N-dealkylation sites (N-methyl/N-ethyl adjacent to an activating group) is 2. The predicted octanol–water partition coefficient (Wildman–Crippen LogP) is 0.689. The smallest absolute Gasteiger partial charge is 0.317 e. The van der Waals surface area contributed by atoms with Crippen LogP contribution in [0.5, 0.6) is 0 Å². The molecule has 6 heteroatoms. The second-order valence-corrected chi connectivity index (χ2v) is 4.82. The Morgan fingerprint density at radius 1 is 1.28 bits per heavy atom. The van der Waals surface area contributed by atoms with Gasteiger partial charge in [0.05, 0.1) is 5.92 Å². The molecule has 0 aromatic carbocycles. The molecule has 0 aliphatic carbocycles. The lowest BCUT2D eigenvalue weighted by molar-refractivity contribution is -0.140. The van der Waals surface area contributed by atoms with Crippen LogP contribution >= 0.6 is 0 Å². The van der Waals surface area contributed by atoms with Crippen molar-refractivity contribution in [2.24, 2.45) is 5.92 Å². The van der Waals surface area contributed by atoms with Crippen molar-refractivity contribution in [3.8, 4) is 0 Å². The van der Waals surface area contributed by atoms with Gasteiger partial charge in [-0.05, 0) is 27.9 Å². The number of carboxylic acid groups (broad SMARTS) is 1. The third kappa shape index (κ3) is 5.86. The highest BCUT2D eigenvalue weighted by Crippen LogP contribution is 2.01. The van der Waals surface area contributed by atoms with Gasteiger partial charge in [0.1, 0.15) is 0 Å². The first-order chi connectivity index (χ1) is 8.29. The van der Waals surface area contributed by atoms with Crippen molar-refractivity contribution in [3.05, 3.63) is 0 Å². The van der Waals surface area contributed by atoms with Gasteiger partial charge in [0.15, 0.2) is 0 Å². The minimum absolute atomic E-state index is 0.0881. The summed E-state index contributed by atoms with van der Waals surface area (Å²) in [6.45, 7) is 6.98. The molecule has 0 aromatic rings. The lowest BCUT2D eigenvalue weighted by Crippen LogP contribution is -2.49. The highest BCUT2D eigenvalue weighted by Gasteiger charge is 2.20. The Bertz CT molecular complexity index is 282. The minimum atomic E-state index is -0.903. The summed E-state index contributed by atoms with van der Waals surface area (Å²) in [6.07, 6.45) is 0. The highest BCUT2D eigenvalue weighted by molar-refractivity contribution is 5.76. The van der Waals surface area contributed by atoms with Crippen LogP contribution in [0.15, 0.2) is 0 Å². The number of carboxylic acids is 1. The van der Waals surface area contributed by atoms with Gasteiger partial charge in [-0.1, -0.05) is 6.92 Å². The predicted molar refractivity (Wildman–Crippen MR) is 70.6 cm³/mol. The van der Waals surface area contributed by atoms with Crippen LogP contribution in [0.2, 0.25) is 0 Å². The van der Waals surface area contributed by atoms with E-state index < -0.39 is 11.9 Å². The minimum Gasteiger partial charge on any atom is -0.481 e.